The molecule has 2 N–H and O–H groups in total. The van der Waals surface area contributed by atoms with Crippen molar-refractivity contribution in [3.63, 3.8) is 0 Å². The zero-order chi connectivity index (χ0) is 16.3. The Hall–Kier alpha value is -1.79. The first kappa shape index (κ1) is 16.6. The highest BCUT2D eigenvalue weighted by Gasteiger charge is 2.30. The van der Waals surface area contributed by atoms with Crippen LogP contribution in [0.1, 0.15) is 25.5 Å². The summed E-state index contributed by atoms with van der Waals surface area (Å²) in [6.07, 6.45) is 0. The maximum atomic E-state index is 12.1. The fraction of sp³-hybridized carbons (Fsp3) is 0.333. The number of halogens is 1. The molecule has 1 heterocycles. The van der Waals surface area contributed by atoms with Crippen LogP contribution < -0.4 is 15.4 Å². The van der Waals surface area contributed by atoms with E-state index in [4.69, 9.17) is 33.3 Å². The molecule has 22 heavy (non-hydrogen) atoms. The molecule has 0 saturated heterocycles. The van der Waals surface area contributed by atoms with Crippen molar-refractivity contribution in [1.82, 2.24) is 10.6 Å². The Morgan fingerprint density at radius 2 is 2.18 bits per heavy atom. The predicted octanol–water partition coefficient (Wildman–Crippen LogP) is 2.70. The maximum Gasteiger partial charge on any atom is 0.337 e. The number of benzene rings is 1. The summed E-state index contributed by atoms with van der Waals surface area (Å²) in [6.45, 7) is 4.20. The molecule has 0 unspecified atom stereocenters. The molecule has 7 heteroatoms. The van der Waals surface area contributed by atoms with E-state index in [1.54, 1.807) is 19.1 Å². The van der Waals surface area contributed by atoms with Crippen molar-refractivity contribution in [2.75, 3.05) is 13.7 Å². The van der Waals surface area contributed by atoms with Gasteiger partial charge in [0.15, 0.2) is 5.11 Å². The number of nitrogens with one attached hydrogen (secondary N) is 2. The van der Waals surface area contributed by atoms with Crippen LogP contribution in [0.4, 0.5) is 0 Å². The van der Waals surface area contributed by atoms with E-state index in [2.05, 4.69) is 10.6 Å². The first-order valence-corrected chi connectivity index (χ1v) is 7.55. The number of methoxy groups -OCH3 is 1. The SMILES string of the molecule is CCOc1ccc([C@H]2NC(=S)NC(C)=C2C(=O)OC)cc1Cl. The molecule has 0 fully saturated rings. The van der Waals surface area contributed by atoms with Gasteiger partial charge in [-0.05, 0) is 43.8 Å². The molecule has 118 valence electrons. The highest BCUT2D eigenvalue weighted by Crippen LogP contribution is 2.32. The smallest absolute Gasteiger partial charge is 0.337 e. The number of carbonyl (C=O) groups excluding carboxylic acids is 1. The van der Waals surface area contributed by atoms with Gasteiger partial charge in [0.05, 0.1) is 30.4 Å². The Balaban J connectivity index is 2.44. The quantitative estimate of drug-likeness (QED) is 0.649. The van der Waals surface area contributed by atoms with Crippen molar-refractivity contribution >= 4 is 34.9 Å². The summed E-state index contributed by atoms with van der Waals surface area (Å²) in [6, 6.07) is 4.96. The molecule has 0 aromatic heterocycles. The minimum Gasteiger partial charge on any atom is -0.492 e. The Bertz CT molecular complexity index is 646. The number of hydrogen-bond donors (Lipinski definition) is 2. The molecule has 5 nitrogen and oxygen atoms in total. The summed E-state index contributed by atoms with van der Waals surface area (Å²) in [5, 5.41) is 6.92. The number of hydrogen-bond acceptors (Lipinski definition) is 4. The topological polar surface area (TPSA) is 59.6 Å². The molecule has 0 spiro atoms. The Morgan fingerprint density at radius 3 is 2.77 bits per heavy atom. The van der Waals surface area contributed by atoms with E-state index < -0.39 is 12.0 Å². The van der Waals surface area contributed by atoms with Crippen LogP contribution in [0.3, 0.4) is 0 Å². The summed E-state index contributed by atoms with van der Waals surface area (Å²) in [5.74, 6) is 0.180. The van der Waals surface area contributed by atoms with Crippen molar-refractivity contribution in [1.29, 1.82) is 0 Å². The van der Waals surface area contributed by atoms with Crippen molar-refractivity contribution < 1.29 is 14.3 Å². The lowest BCUT2D eigenvalue weighted by Gasteiger charge is -2.29. The first-order chi connectivity index (χ1) is 10.5. The zero-order valence-electron chi connectivity index (χ0n) is 12.5. The van der Waals surface area contributed by atoms with Crippen LogP contribution in [0.25, 0.3) is 0 Å². The van der Waals surface area contributed by atoms with E-state index in [-0.39, 0.29) is 0 Å². The lowest BCUT2D eigenvalue weighted by Crippen LogP contribution is -2.45. The minimum atomic E-state index is -0.422. The average Bonchev–Trinajstić information content (AvgIpc) is 2.48. The number of ether oxygens (including phenoxy) is 2. The second kappa shape index (κ2) is 6.98. The summed E-state index contributed by atoms with van der Waals surface area (Å²) in [5.41, 5.74) is 1.93. The number of esters is 1. The van der Waals surface area contributed by atoms with Crippen LogP contribution in [0.15, 0.2) is 29.5 Å². The summed E-state index contributed by atoms with van der Waals surface area (Å²) < 4.78 is 10.3. The monoisotopic (exact) mass is 340 g/mol. The van der Waals surface area contributed by atoms with Crippen LogP contribution in [-0.4, -0.2) is 24.8 Å². The molecule has 1 aromatic carbocycles. The van der Waals surface area contributed by atoms with E-state index in [0.29, 0.717) is 33.8 Å². The molecule has 0 aliphatic carbocycles. The largest absolute Gasteiger partial charge is 0.492 e. The molecule has 1 aliphatic rings. The van der Waals surface area contributed by atoms with Gasteiger partial charge in [0, 0.05) is 5.70 Å². The third kappa shape index (κ3) is 3.34. The van der Waals surface area contributed by atoms with Crippen molar-refractivity contribution in [3.8, 4) is 5.75 Å². The second-order valence-corrected chi connectivity index (χ2v) is 5.50. The highest BCUT2D eigenvalue weighted by molar-refractivity contribution is 7.80. The molecule has 1 aromatic rings. The number of allylic oxidation sites excluding steroid dienone is 1. The molecule has 1 atom stereocenters. The predicted molar refractivity (Wildman–Crippen MR) is 88.9 cm³/mol. The van der Waals surface area contributed by atoms with Gasteiger partial charge in [-0.25, -0.2) is 4.79 Å². The van der Waals surface area contributed by atoms with Gasteiger partial charge in [-0.15, -0.1) is 0 Å². The van der Waals surface area contributed by atoms with Gasteiger partial charge in [0.25, 0.3) is 0 Å². The van der Waals surface area contributed by atoms with Crippen molar-refractivity contribution in [2.45, 2.75) is 19.9 Å². The van der Waals surface area contributed by atoms with Crippen LogP contribution >= 0.6 is 23.8 Å². The highest BCUT2D eigenvalue weighted by atomic mass is 35.5. The molecule has 0 amide bonds. The fourth-order valence-electron chi connectivity index (χ4n) is 2.29. The van der Waals surface area contributed by atoms with Gasteiger partial charge in [-0.3, -0.25) is 0 Å². The molecule has 0 bridgehead atoms. The van der Waals surface area contributed by atoms with Crippen LogP contribution in [0, 0.1) is 0 Å². The fourth-order valence-corrected chi connectivity index (χ4v) is 2.81. The normalized spacial score (nSPS) is 17.6. The minimum absolute atomic E-state index is 0.421. The van der Waals surface area contributed by atoms with Crippen molar-refractivity contribution in [2.24, 2.45) is 0 Å². The third-order valence-corrected chi connectivity index (χ3v) is 3.78. The number of thiocarbonyl (C=S) groups is 1. The van der Waals surface area contributed by atoms with Crippen molar-refractivity contribution in [3.05, 3.63) is 40.1 Å². The van der Waals surface area contributed by atoms with Gasteiger partial charge in [0.1, 0.15) is 5.75 Å². The van der Waals surface area contributed by atoms with E-state index in [9.17, 15) is 4.79 Å². The zero-order valence-corrected chi connectivity index (χ0v) is 14.1. The summed E-state index contributed by atoms with van der Waals surface area (Å²) >= 11 is 11.4. The molecule has 0 saturated carbocycles. The Morgan fingerprint density at radius 1 is 1.45 bits per heavy atom. The molecular formula is C15H17ClN2O3S. The third-order valence-electron chi connectivity index (χ3n) is 3.26. The molecule has 2 rings (SSSR count). The number of carbonyl (C=O) groups is 1. The Kier molecular flexibility index (Phi) is 5.26. The lowest BCUT2D eigenvalue weighted by molar-refractivity contribution is -0.136. The molecule has 0 radical (unpaired) electrons. The maximum absolute atomic E-state index is 12.1. The van der Waals surface area contributed by atoms with E-state index >= 15 is 0 Å². The first-order valence-electron chi connectivity index (χ1n) is 6.76. The standard InChI is InChI=1S/C15H17ClN2O3S/c1-4-21-11-6-5-9(7-10(11)16)13-12(14(19)20-3)8(2)17-15(22)18-13/h5-7,13H,4H2,1-3H3,(H2,17,18,22)/t13-/m1/s1. The van der Waals surface area contributed by atoms with Gasteiger partial charge in [-0.1, -0.05) is 17.7 Å². The molecular weight excluding hydrogens is 324 g/mol. The van der Waals surface area contributed by atoms with Crippen LogP contribution in [-0.2, 0) is 9.53 Å². The number of rotatable bonds is 4. The van der Waals surface area contributed by atoms with E-state index in [1.165, 1.54) is 7.11 Å². The van der Waals surface area contributed by atoms with Gasteiger partial charge in [-0.2, -0.15) is 0 Å². The van der Waals surface area contributed by atoms with Gasteiger partial charge < -0.3 is 20.1 Å². The summed E-state index contributed by atoms with van der Waals surface area (Å²) in [4.78, 5) is 12.1. The van der Waals surface area contributed by atoms with E-state index in [1.807, 2.05) is 13.0 Å². The van der Waals surface area contributed by atoms with Gasteiger partial charge in [0.2, 0.25) is 0 Å². The lowest BCUT2D eigenvalue weighted by atomic mass is 9.95. The van der Waals surface area contributed by atoms with Crippen LogP contribution in [0.5, 0.6) is 5.75 Å². The van der Waals surface area contributed by atoms with E-state index in [0.717, 1.165) is 5.56 Å². The molecule has 1 aliphatic heterocycles. The average molecular weight is 341 g/mol. The second-order valence-electron chi connectivity index (χ2n) is 4.68. The Labute approximate surface area is 139 Å². The van der Waals surface area contributed by atoms with Gasteiger partial charge >= 0.3 is 5.97 Å². The summed E-state index contributed by atoms with van der Waals surface area (Å²) in [7, 11) is 1.35. The van der Waals surface area contributed by atoms with Crippen LogP contribution in [0.2, 0.25) is 5.02 Å².